The summed E-state index contributed by atoms with van der Waals surface area (Å²) in [5, 5.41) is 0. The molecular formula is C14H26N2. The Morgan fingerprint density at radius 2 is 2.12 bits per heavy atom. The summed E-state index contributed by atoms with van der Waals surface area (Å²) in [4.78, 5) is 2.59. The molecule has 0 aromatic rings. The largest absolute Gasteiger partial charge is 0.327 e. The summed E-state index contributed by atoms with van der Waals surface area (Å²) in [6.45, 7) is 5.86. The zero-order valence-corrected chi connectivity index (χ0v) is 10.6. The minimum Gasteiger partial charge on any atom is -0.327 e. The van der Waals surface area contributed by atoms with Gasteiger partial charge in [-0.3, -0.25) is 4.90 Å². The Kier molecular flexibility index (Phi) is 4.42. The molecule has 1 heterocycles. The van der Waals surface area contributed by atoms with E-state index in [9.17, 15) is 0 Å². The Morgan fingerprint density at radius 1 is 1.31 bits per heavy atom. The van der Waals surface area contributed by atoms with Gasteiger partial charge < -0.3 is 5.73 Å². The van der Waals surface area contributed by atoms with Crippen LogP contribution in [0.2, 0.25) is 0 Å². The monoisotopic (exact) mass is 222 g/mol. The van der Waals surface area contributed by atoms with Gasteiger partial charge in [-0.2, -0.15) is 0 Å². The quantitative estimate of drug-likeness (QED) is 0.575. The van der Waals surface area contributed by atoms with Crippen LogP contribution < -0.4 is 5.73 Å². The number of hydrogen-bond acceptors (Lipinski definition) is 2. The minimum atomic E-state index is 0.453. The lowest BCUT2D eigenvalue weighted by Gasteiger charge is -2.31. The Balaban J connectivity index is 1.83. The third-order valence-corrected chi connectivity index (χ3v) is 4.23. The summed E-state index contributed by atoms with van der Waals surface area (Å²) in [6.07, 6.45) is 10.3. The summed E-state index contributed by atoms with van der Waals surface area (Å²) in [6, 6.07) is 0.453. The van der Waals surface area contributed by atoms with E-state index in [0.29, 0.717) is 6.04 Å². The molecule has 2 atom stereocenters. The second-order valence-electron chi connectivity index (χ2n) is 5.62. The van der Waals surface area contributed by atoms with E-state index in [1.807, 2.05) is 0 Å². The standard InChI is InChI=1S/C14H26N2/c1-12-7-9-16(10-8-12)11-13-5-3-2-4-6-14(13)15/h7,13-14H,2-6,8-11,15H2,1H3. The van der Waals surface area contributed by atoms with Gasteiger partial charge in [0, 0.05) is 25.7 Å². The average molecular weight is 222 g/mol. The molecule has 0 spiro atoms. The first kappa shape index (κ1) is 12.1. The van der Waals surface area contributed by atoms with Crippen LogP contribution in [0.4, 0.5) is 0 Å². The summed E-state index contributed by atoms with van der Waals surface area (Å²) in [5.41, 5.74) is 7.84. The SMILES string of the molecule is CC1=CCN(CC2CCCCCC2N)CC1. The third-order valence-electron chi connectivity index (χ3n) is 4.23. The second-order valence-corrected chi connectivity index (χ2v) is 5.62. The van der Waals surface area contributed by atoms with Crippen molar-refractivity contribution in [2.75, 3.05) is 19.6 Å². The van der Waals surface area contributed by atoms with Crippen LogP contribution in [0.5, 0.6) is 0 Å². The van der Waals surface area contributed by atoms with Crippen LogP contribution in [0, 0.1) is 5.92 Å². The molecule has 2 rings (SSSR count). The zero-order valence-electron chi connectivity index (χ0n) is 10.6. The van der Waals surface area contributed by atoms with Crippen molar-refractivity contribution < 1.29 is 0 Å². The van der Waals surface area contributed by atoms with Crippen LogP contribution in [0.1, 0.15) is 45.4 Å². The number of nitrogens with two attached hydrogens (primary N) is 1. The molecule has 2 unspecified atom stereocenters. The molecule has 0 bridgehead atoms. The van der Waals surface area contributed by atoms with Gasteiger partial charge in [-0.05, 0) is 32.1 Å². The van der Waals surface area contributed by atoms with Gasteiger partial charge in [-0.1, -0.05) is 30.9 Å². The van der Waals surface area contributed by atoms with Crippen molar-refractivity contribution in [3.05, 3.63) is 11.6 Å². The topological polar surface area (TPSA) is 29.3 Å². The Labute approximate surface area is 99.9 Å². The lowest BCUT2D eigenvalue weighted by atomic mass is 9.94. The number of nitrogens with zero attached hydrogens (tertiary/aromatic N) is 1. The maximum absolute atomic E-state index is 6.28. The maximum Gasteiger partial charge on any atom is 0.0165 e. The van der Waals surface area contributed by atoms with E-state index in [4.69, 9.17) is 5.73 Å². The molecule has 1 aliphatic heterocycles. The predicted molar refractivity (Wildman–Crippen MR) is 69.4 cm³/mol. The molecule has 0 amide bonds. The Bertz CT molecular complexity index is 247. The van der Waals surface area contributed by atoms with Crippen LogP contribution >= 0.6 is 0 Å². The molecule has 1 fully saturated rings. The Hall–Kier alpha value is -0.340. The molecule has 2 aliphatic rings. The van der Waals surface area contributed by atoms with Gasteiger partial charge in [-0.15, -0.1) is 0 Å². The van der Waals surface area contributed by atoms with Gasteiger partial charge in [-0.25, -0.2) is 0 Å². The summed E-state index contributed by atoms with van der Waals surface area (Å²) < 4.78 is 0. The molecule has 2 N–H and O–H groups in total. The molecule has 1 saturated carbocycles. The summed E-state index contributed by atoms with van der Waals surface area (Å²) >= 11 is 0. The van der Waals surface area contributed by atoms with E-state index in [1.54, 1.807) is 5.57 Å². The zero-order chi connectivity index (χ0) is 11.4. The summed E-state index contributed by atoms with van der Waals surface area (Å²) in [7, 11) is 0. The van der Waals surface area contributed by atoms with Gasteiger partial charge in [0.2, 0.25) is 0 Å². The van der Waals surface area contributed by atoms with Crippen LogP contribution in [0.25, 0.3) is 0 Å². The van der Waals surface area contributed by atoms with Crippen LogP contribution in [0.15, 0.2) is 11.6 Å². The van der Waals surface area contributed by atoms with E-state index in [1.165, 1.54) is 51.6 Å². The first-order valence-electron chi connectivity index (χ1n) is 6.89. The van der Waals surface area contributed by atoms with Crippen molar-refractivity contribution in [3.63, 3.8) is 0 Å². The van der Waals surface area contributed by atoms with Gasteiger partial charge >= 0.3 is 0 Å². The Morgan fingerprint density at radius 3 is 2.88 bits per heavy atom. The van der Waals surface area contributed by atoms with Crippen molar-refractivity contribution in [2.24, 2.45) is 11.7 Å². The normalized spacial score (nSPS) is 33.2. The molecule has 0 radical (unpaired) electrons. The molecule has 2 heteroatoms. The second kappa shape index (κ2) is 5.83. The maximum atomic E-state index is 6.28. The van der Waals surface area contributed by atoms with Crippen molar-refractivity contribution in [2.45, 2.75) is 51.5 Å². The number of hydrogen-bond donors (Lipinski definition) is 1. The molecule has 0 saturated heterocycles. The highest BCUT2D eigenvalue weighted by atomic mass is 15.1. The molecule has 0 aromatic carbocycles. The highest BCUT2D eigenvalue weighted by Crippen LogP contribution is 2.24. The van der Waals surface area contributed by atoms with Crippen LogP contribution in [0.3, 0.4) is 0 Å². The smallest absolute Gasteiger partial charge is 0.0165 e. The molecule has 0 aromatic heterocycles. The van der Waals surface area contributed by atoms with Gasteiger partial charge in [0.1, 0.15) is 0 Å². The van der Waals surface area contributed by atoms with E-state index in [2.05, 4.69) is 17.9 Å². The lowest BCUT2D eigenvalue weighted by Crippen LogP contribution is -2.40. The highest BCUT2D eigenvalue weighted by molar-refractivity contribution is 5.04. The van der Waals surface area contributed by atoms with Crippen molar-refractivity contribution >= 4 is 0 Å². The van der Waals surface area contributed by atoms with E-state index >= 15 is 0 Å². The molecule has 1 aliphatic carbocycles. The van der Waals surface area contributed by atoms with Gasteiger partial charge in [0.05, 0.1) is 0 Å². The molecule has 92 valence electrons. The first-order chi connectivity index (χ1) is 7.75. The minimum absolute atomic E-state index is 0.453. The van der Waals surface area contributed by atoms with Gasteiger partial charge in [0.15, 0.2) is 0 Å². The fourth-order valence-corrected chi connectivity index (χ4v) is 2.95. The van der Waals surface area contributed by atoms with Crippen molar-refractivity contribution in [1.82, 2.24) is 4.90 Å². The summed E-state index contributed by atoms with van der Waals surface area (Å²) in [5.74, 6) is 0.745. The average Bonchev–Trinajstić information content (AvgIpc) is 2.48. The van der Waals surface area contributed by atoms with E-state index < -0.39 is 0 Å². The van der Waals surface area contributed by atoms with Crippen molar-refractivity contribution in [1.29, 1.82) is 0 Å². The fraction of sp³-hybridized carbons (Fsp3) is 0.857. The van der Waals surface area contributed by atoms with Crippen LogP contribution in [-0.2, 0) is 0 Å². The molecular weight excluding hydrogens is 196 g/mol. The molecule has 16 heavy (non-hydrogen) atoms. The third kappa shape index (κ3) is 3.33. The highest BCUT2D eigenvalue weighted by Gasteiger charge is 2.23. The van der Waals surface area contributed by atoms with E-state index in [0.717, 1.165) is 12.5 Å². The fourth-order valence-electron chi connectivity index (χ4n) is 2.95. The van der Waals surface area contributed by atoms with Crippen LogP contribution in [-0.4, -0.2) is 30.6 Å². The lowest BCUT2D eigenvalue weighted by molar-refractivity contribution is 0.219. The molecule has 2 nitrogen and oxygen atoms in total. The van der Waals surface area contributed by atoms with Crippen molar-refractivity contribution in [3.8, 4) is 0 Å². The van der Waals surface area contributed by atoms with Gasteiger partial charge in [0.25, 0.3) is 0 Å². The number of rotatable bonds is 2. The first-order valence-corrected chi connectivity index (χ1v) is 6.89. The predicted octanol–water partition coefficient (Wildman–Crippen LogP) is 2.55. The van der Waals surface area contributed by atoms with E-state index in [-0.39, 0.29) is 0 Å².